The van der Waals surface area contributed by atoms with Crippen LogP contribution in [0.3, 0.4) is 0 Å². The van der Waals surface area contributed by atoms with Crippen molar-refractivity contribution in [3.63, 3.8) is 0 Å². The van der Waals surface area contributed by atoms with Gasteiger partial charge in [-0.2, -0.15) is 0 Å². The van der Waals surface area contributed by atoms with Crippen molar-refractivity contribution in [2.75, 3.05) is 6.61 Å². The molecule has 0 saturated carbocycles. The zero-order chi connectivity index (χ0) is 15.2. The molecule has 6 nitrogen and oxygen atoms in total. The molecule has 0 spiro atoms. The Bertz CT molecular complexity index is 654. The fraction of sp³-hybridized carbons (Fsp3) is 0.214. The number of ether oxygens (including phenoxy) is 1. The van der Waals surface area contributed by atoms with E-state index in [-0.39, 0.29) is 24.0 Å². The smallest absolute Gasteiger partial charge is 0.310 e. The summed E-state index contributed by atoms with van der Waals surface area (Å²) in [6, 6.07) is 7.95. The van der Waals surface area contributed by atoms with Crippen LogP contribution in [0.1, 0.15) is 10.4 Å². The number of thiophene rings is 1. The van der Waals surface area contributed by atoms with Crippen molar-refractivity contribution in [3.05, 3.63) is 56.3 Å². The maximum Gasteiger partial charge on any atom is 0.310 e. The van der Waals surface area contributed by atoms with Gasteiger partial charge in [-0.25, -0.2) is 0 Å². The van der Waals surface area contributed by atoms with Crippen LogP contribution in [0.15, 0.2) is 35.7 Å². The normalized spacial score (nSPS) is 10.1. The Morgan fingerprint density at radius 3 is 2.81 bits per heavy atom. The standard InChI is InChI=1S/C14H14N2O4S/c1-10-6-7-21-13(10)8-15-14(17)9-20-12-5-3-2-4-11(12)16(18)19/h2-7H,8-9H2,1H3,(H,15,17). The first-order valence-electron chi connectivity index (χ1n) is 6.24. The summed E-state index contributed by atoms with van der Waals surface area (Å²) in [5.74, 6) is -0.231. The Morgan fingerprint density at radius 2 is 2.14 bits per heavy atom. The van der Waals surface area contributed by atoms with Gasteiger partial charge in [0.15, 0.2) is 12.4 Å². The Morgan fingerprint density at radius 1 is 1.38 bits per heavy atom. The number of nitrogens with one attached hydrogen (secondary N) is 1. The van der Waals surface area contributed by atoms with Gasteiger partial charge in [-0.15, -0.1) is 11.3 Å². The number of nitrogens with zero attached hydrogens (tertiary/aromatic N) is 1. The maximum absolute atomic E-state index is 11.7. The summed E-state index contributed by atoms with van der Waals surface area (Å²) in [5.41, 5.74) is 0.972. The van der Waals surface area contributed by atoms with E-state index in [0.29, 0.717) is 6.54 Å². The molecular formula is C14H14N2O4S. The molecule has 2 rings (SSSR count). The Balaban J connectivity index is 1.87. The number of nitro benzene ring substituents is 1. The van der Waals surface area contributed by atoms with Gasteiger partial charge in [0, 0.05) is 10.9 Å². The summed E-state index contributed by atoms with van der Waals surface area (Å²) in [5, 5.41) is 15.5. The molecule has 0 bridgehead atoms. The summed E-state index contributed by atoms with van der Waals surface area (Å²) < 4.78 is 5.21. The molecule has 1 amide bonds. The molecule has 0 saturated heterocycles. The van der Waals surface area contributed by atoms with E-state index < -0.39 is 4.92 Å². The lowest BCUT2D eigenvalue weighted by molar-refractivity contribution is -0.385. The lowest BCUT2D eigenvalue weighted by atomic mass is 10.3. The van der Waals surface area contributed by atoms with E-state index >= 15 is 0 Å². The highest BCUT2D eigenvalue weighted by molar-refractivity contribution is 7.10. The molecule has 110 valence electrons. The lowest BCUT2D eigenvalue weighted by Crippen LogP contribution is -2.28. The predicted molar refractivity (Wildman–Crippen MR) is 79.5 cm³/mol. The molecule has 1 aromatic heterocycles. The highest BCUT2D eigenvalue weighted by Crippen LogP contribution is 2.25. The zero-order valence-corrected chi connectivity index (χ0v) is 12.2. The number of hydrogen-bond donors (Lipinski definition) is 1. The predicted octanol–water partition coefficient (Wildman–Crippen LogP) is 2.66. The summed E-state index contributed by atoms with van der Waals surface area (Å²) in [6.07, 6.45) is 0. The molecule has 1 N–H and O–H groups in total. The average molecular weight is 306 g/mol. The molecule has 0 aliphatic rings. The third-order valence-corrected chi connectivity index (χ3v) is 3.86. The third-order valence-electron chi connectivity index (χ3n) is 2.84. The Hall–Kier alpha value is -2.41. The number of aryl methyl sites for hydroxylation is 1. The second-order valence-electron chi connectivity index (χ2n) is 4.32. The van der Waals surface area contributed by atoms with E-state index in [4.69, 9.17) is 4.74 Å². The minimum atomic E-state index is -0.539. The number of carbonyl (C=O) groups is 1. The molecule has 0 unspecified atom stereocenters. The van der Waals surface area contributed by atoms with Gasteiger partial charge in [0.2, 0.25) is 0 Å². The molecule has 0 aliphatic carbocycles. The Labute approximate surface area is 125 Å². The number of para-hydroxylation sites is 2. The molecule has 7 heteroatoms. The molecule has 0 fully saturated rings. The van der Waals surface area contributed by atoms with E-state index in [1.165, 1.54) is 12.1 Å². The van der Waals surface area contributed by atoms with Crippen molar-refractivity contribution < 1.29 is 14.5 Å². The van der Waals surface area contributed by atoms with Crippen molar-refractivity contribution in [3.8, 4) is 5.75 Å². The van der Waals surface area contributed by atoms with Gasteiger partial charge in [0.05, 0.1) is 11.5 Å². The third kappa shape index (κ3) is 4.03. The van der Waals surface area contributed by atoms with Crippen LogP contribution in [0.5, 0.6) is 5.75 Å². The summed E-state index contributed by atoms with van der Waals surface area (Å²) in [4.78, 5) is 23.1. The quantitative estimate of drug-likeness (QED) is 0.657. The first-order valence-corrected chi connectivity index (χ1v) is 7.12. The van der Waals surface area contributed by atoms with Crippen LogP contribution in [-0.2, 0) is 11.3 Å². The van der Waals surface area contributed by atoms with Gasteiger partial charge in [-0.05, 0) is 30.0 Å². The minimum absolute atomic E-state index is 0.0879. The van der Waals surface area contributed by atoms with Crippen LogP contribution in [0.4, 0.5) is 5.69 Å². The fourth-order valence-corrected chi connectivity index (χ4v) is 2.53. The van der Waals surface area contributed by atoms with Crippen molar-refractivity contribution in [2.24, 2.45) is 0 Å². The van der Waals surface area contributed by atoms with Gasteiger partial charge in [-0.1, -0.05) is 12.1 Å². The molecule has 0 radical (unpaired) electrons. The van der Waals surface area contributed by atoms with E-state index in [0.717, 1.165) is 10.4 Å². The molecule has 2 aromatic rings. The first-order chi connectivity index (χ1) is 10.1. The highest BCUT2D eigenvalue weighted by Gasteiger charge is 2.14. The fourth-order valence-electron chi connectivity index (χ4n) is 1.69. The topological polar surface area (TPSA) is 81.5 Å². The summed E-state index contributed by atoms with van der Waals surface area (Å²) >= 11 is 1.57. The van der Waals surface area contributed by atoms with E-state index in [1.807, 2.05) is 18.4 Å². The number of nitro groups is 1. The molecular weight excluding hydrogens is 292 g/mol. The molecule has 1 aromatic carbocycles. The van der Waals surface area contributed by atoms with Gasteiger partial charge in [-0.3, -0.25) is 14.9 Å². The monoisotopic (exact) mass is 306 g/mol. The van der Waals surface area contributed by atoms with E-state index in [2.05, 4.69) is 5.32 Å². The second kappa shape index (κ2) is 6.85. The lowest BCUT2D eigenvalue weighted by Gasteiger charge is -2.07. The Kier molecular flexibility index (Phi) is 4.89. The molecule has 21 heavy (non-hydrogen) atoms. The number of benzene rings is 1. The van der Waals surface area contributed by atoms with Crippen LogP contribution in [-0.4, -0.2) is 17.4 Å². The van der Waals surface area contributed by atoms with E-state index in [9.17, 15) is 14.9 Å². The minimum Gasteiger partial charge on any atom is -0.477 e. The van der Waals surface area contributed by atoms with Crippen molar-refractivity contribution >= 4 is 22.9 Å². The number of hydrogen-bond acceptors (Lipinski definition) is 5. The van der Waals surface area contributed by atoms with Crippen molar-refractivity contribution in [2.45, 2.75) is 13.5 Å². The van der Waals surface area contributed by atoms with E-state index in [1.54, 1.807) is 23.5 Å². The largest absolute Gasteiger partial charge is 0.477 e. The van der Waals surface area contributed by atoms with Crippen molar-refractivity contribution in [1.82, 2.24) is 5.32 Å². The van der Waals surface area contributed by atoms with Crippen LogP contribution in [0.25, 0.3) is 0 Å². The summed E-state index contributed by atoms with van der Waals surface area (Å²) in [6.45, 7) is 2.15. The first kappa shape index (κ1) is 15.0. The van der Waals surface area contributed by atoms with Crippen LogP contribution >= 0.6 is 11.3 Å². The van der Waals surface area contributed by atoms with Crippen LogP contribution < -0.4 is 10.1 Å². The average Bonchev–Trinajstić information content (AvgIpc) is 2.88. The SMILES string of the molecule is Cc1ccsc1CNC(=O)COc1ccccc1[N+](=O)[O-]. The number of carbonyl (C=O) groups excluding carboxylic acids is 1. The van der Waals surface area contributed by atoms with Gasteiger partial charge in [0.25, 0.3) is 5.91 Å². The second-order valence-corrected chi connectivity index (χ2v) is 5.32. The number of rotatable bonds is 6. The van der Waals surface area contributed by atoms with Gasteiger partial charge >= 0.3 is 5.69 Å². The van der Waals surface area contributed by atoms with Crippen molar-refractivity contribution in [1.29, 1.82) is 0 Å². The van der Waals surface area contributed by atoms with Gasteiger partial charge < -0.3 is 10.1 Å². The van der Waals surface area contributed by atoms with Gasteiger partial charge in [0.1, 0.15) is 0 Å². The number of amides is 1. The van der Waals surface area contributed by atoms with Crippen LogP contribution in [0, 0.1) is 17.0 Å². The molecule has 1 heterocycles. The maximum atomic E-state index is 11.7. The zero-order valence-electron chi connectivity index (χ0n) is 11.4. The van der Waals surface area contributed by atoms with Crippen LogP contribution in [0.2, 0.25) is 0 Å². The summed E-state index contributed by atoms with van der Waals surface area (Å²) in [7, 11) is 0. The molecule has 0 aliphatic heterocycles. The molecule has 0 atom stereocenters. The highest BCUT2D eigenvalue weighted by atomic mass is 32.1.